The Morgan fingerprint density at radius 3 is 2.75 bits per heavy atom. The smallest absolute Gasteiger partial charge is 0.140 e. The Morgan fingerprint density at radius 2 is 2.19 bits per heavy atom. The molecule has 0 aliphatic carbocycles. The number of carbonyl (C=O) groups is 1. The number of halogens is 1. The fourth-order valence-corrected chi connectivity index (χ4v) is 1.63. The number of rotatable bonds is 5. The van der Waals surface area contributed by atoms with Crippen molar-refractivity contribution in [2.24, 2.45) is 11.7 Å². The van der Waals surface area contributed by atoms with Crippen molar-refractivity contribution >= 4 is 5.78 Å². The summed E-state index contributed by atoms with van der Waals surface area (Å²) < 4.78 is 12.9. The zero-order chi connectivity index (χ0) is 12.1. The number of hydrogen-bond acceptors (Lipinski definition) is 2. The quantitative estimate of drug-likeness (QED) is 0.831. The highest BCUT2D eigenvalue weighted by molar-refractivity contribution is 5.83. The molecule has 0 aliphatic rings. The van der Waals surface area contributed by atoms with Gasteiger partial charge in [0, 0.05) is 12.3 Å². The van der Waals surface area contributed by atoms with E-state index in [0.717, 1.165) is 11.1 Å². The van der Waals surface area contributed by atoms with Crippen LogP contribution in [-0.4, -0.2) is 12.3 Å². The number of carbonyl (C=O) groups excluding carboxylic acids is 1. The molecule has 1 aromatic rings. The van der Waals surface area contributed by atoms with Gasteiger partial charge in [0.2, 0.25) is 0 Å². The fraction of sp³-hybridized carbons (Fsp3) is 0.462. The highest BCUT2D eigenvalue weighted by atomic mass is 19.1. The van der Waals surface area contributed by atoms with Gasteiger partial charge in [0.05, 0.1) is 0 Å². The molecule has 16 heavy (non-hydrogen) atoms. The van der Waals surface area contributed by atoms with Crippen molar-refractivity contribution < 1.29 is 9.18 Å². The first-order chi connectivity index (χ1) is 7.54. The second-order valence-corrected chi connectivity index (χ2v) is 4.19. The normalized spacial score (nSPS) is 12.5. The van der Waals surface area contributed by atoms with Crippen LogP contribution in [0, 0.1) is 18.7 Å². The van der Waals surface area contributed by atoms with Crippen LogP contribution >= 0.6 is 0 Å². The van der Waals surface area contributed by atoms with Crippen LogP contribution < -0.4 is 5.73 Å². The summed E-state index contributed by atoms with van der Waals surface area (Å²) in [4.78, 5) is 11.8. The minimum atomic E-state index is -0.260. The Morgan fingerprint density at radius 1 is 1.50 bits per heavy atom. The molecule has 0 aliphatic heterocycles. The van der Waals surface area contributed by atoms with Crippen LogP contribution in [-0.2, 0) is 11.2 Å². The summed E-state index contributed by atoms with van der Waals surface area (Å²) in [5.74, 6) is -0.113. The van der Waals surface area contributed by atoms with Crippen molar-refractivity contribution in [1.82, 2.24) is 0 Å². The van der Waals surface area contributed by atoms with Gasteiger partial charge in [0.15, 0.2) is 0 Å². The van der Waals surface area contributed by atoms with Crippen molar-refractivity contribution in [2.75, 3.05) is 6.54 Å². The molecule has 1 rings (SSSR count). The SMILES string of the molecule is Cc1cc(F)ccc1CC(=O)C(C)CCN. The molecule has 0 spiro atoms. The monoisotopic (exact) mass is 223 g/mol. The molecule has 1 unspecified atom stereocenters. The average molecular weight is 223 g/mol. The maximum absolute atomic E-state index is 12.9. The Hall–Kier alpha value is -1.22. The van der Waals surface area contributed by atoms with E-state index in [1.807, 2.05) is 13.8 Å². The van der Waals surface area contributed by atoms with E-state index >= 15 is 0 Å². The minimum absolute atomic E-state index is 0.0190. The molecule has 0 heterocycles. The lowest BCUT2D eigenvalue weighted by Gasteiger charge is -2.10. The molecule has 0 saturated heterocycles. The Bertz CT molecular complexity index is 376. The topological polar surface area (TPSA) is 43.1 Å². The predicted molar refractivity (Wildman–Crippen MR) is 62.7 cm³/mol. The van der Waals surface area contributed by atoms with Crippen LogP contribution in [0.5, 0.6) is 0 Å². The van der Waals surface area contributed by atoms with E-state index in [4.69, 9.17) is 5.73 Å². The second kappa shape index (κ2) is 5.75. The third kappa shape index (κ3) is 3.42. The number of benzene rings is 1. The summed E-state index contributed by atoms with van der Waals surface area (Å²) >= 11 is 0. The maximum Gasteiger partial charge on any atom is 0.140 e. The third-order valence-electron chi connectivity index (χ3n) is 2.82. The zero-order valence-electron chi connectivity index (χ0n) is 9.79. The van der Waals surface area contributed by atoms with Crippen LogP contribution in [0.1, 0.15) is 24.5 Å². The molecule has 0 saturated carbocycles. The van der Waals surface area contributed by atoms with E-state index in [2.05, 4.69) is 0 Å². The van der Waals surface area contributed by atoms with Gasteiger partial charge in [0.25, 0.3) is 0 Å². The molecule has 2 N–H and O–H groups in total. The van der Waals surface area contributed by atoms with Crippen LogP contribution in [0.2, 0.25) is 0 Å². The summed E-state index contributed by atoms with van der Waals surface area (Å²) in [5.41, 5.74) is 7.13. The first-order valence-corrected chi connectivity index (χ1v) is 5.52. The van der Waals surface area contributed by atoms with Crippen molar-refractivity contribution in [3.05, 3.63) is 35.1 Å². The number of hydrogen-bond donors (Lipinski definition) is 1. The van der Waals surface area contributed by atoms with Crippen LogP contribution in [0.15, 0.2) is 18.2 Å². The van der Waals surface area contributed by atoms with Gasteiger partial charge in [-0.2, -0.15) is 0 Å². The van der Waals surface area contributed by atoms with E-state index < -0.39 is 0 Å². The number of aryl methyl sites for hydroxylation is 1. The molecule has 2 nitrogen and oxygen atoms in total. The summed E-state index contributed by atoms with van der Waals surface area (Å²) in [5, 5.41) is 0. The van der Waals surface area contributed by atoms with E-state index in [0.29, 0.717) is 19.4 Å². The van der Waals surface area contributed by atoms with Gasteiger partial charge in [-0.05, 0) is 43.1 Å². The first-order valence-electron chi connectivity index (χ1n) is 5.52. The Balaban J connectivity index is 2.69. The van der Waals surface area contributed by atoms with Crippen molar-refractivity contribution in [2.45, 2.75) is 26.7 Å². The first kappa shape index (κ1) is 12.8. The third-order valence-corrected chi connectivity index (χ3v) is 2.82. The highest BCUT2D eigenvalue weighted by Gasteiger charge is 2.13. The van der Waals surface area contributed by atoms with E-state index in [9.17, 15) is 9.18 Å². The van der Waals surface area contributed by atoms with Gasteiger partial charge in [-0.15, -0.1) is 0 Å². The number of nitrogens with two attached hydrogens (primary N) is 1. The molecule has 0 aromatic heterocycles. The van der Waals surface area contributed by atoms with Crippen LogP contribution in [0.25, 0.3) is 0 Å². The molecule has 1 aromatic carbocycles. The van der Waals surface area contributed by atoms with Gasteiger partial charge in [-0.1, -0.05) is 13.0 Å². The van der Waals surface area contributed by atoms with Gasteiger partial charge >= 0.3 is 0 Å². The number of ketones is 1. The standard InChI is InChI=1S/C13H18FNO/c1-9(5-6-15)13(16)8-11-3-4-12(14)7-10(11)2/h3-4,7,9H,5-6,8,15H2,1-2H3. The molecule has 0 radical (unpaired) electrons. The van der Waals surface area contributed by atoms with Crippen molar-refractivity contribution in [3.63, 3.8) is 0 Å². The van der Waals surface area contributed by atoms with E-state index in [1.54, 1.807) is 6.07 Å². The summed E-state index contributed by atoms with van der Waals surface area (Å²) in [7, 11) is 0. The Labute approximate surface area is 95.7 Å². The van der Waals surface area contributed by atoms with Gasteiger partial charge in [-0.3, -0.25) is 4.79 Å². The number of Topliss-reactive ketones (excluding diaryl/α,β-unsaturated/α-hetero) is 1. The predicted octanol–water partition coefficient (Wildman–Crippen LogP) is 2.23. The van der Waals surface area contributed by atoms with Crippen LogP contribution in [0.3, 0.4) is 0 Å². The Kier molecular flexibility index (Phi) is 4.62. The average Bonchev–Trinajstić information content (AvgIpc) is 2.22. The van der Waals surface area contributed by atoms with Crippen molar-refractivity contribution in [3.8, 4) is 0 Å². The molecule has 1 atom stereocenters. The zero-order valence-corrected chi connectivity index (χ0v) is 9.79. The summed E-state index contributed by atoms with van der Waals surface area (Å²) in [6.07, 6.45) is 1.08. The van der Waals surface area contributed by atoms with Crippen LogP contribution in [0.4, 0.5) is 4.39 Å². The van der Waals surface area contributed by atoms with Gasteiger partial charge in [0.1, 0.15) is 11.6 Å². The van der Waals surface area contributed by atoms with Crippen molar-refractivity contribution in [1.29, 1.82) is 0 Å². The highest BCUT2D eigenvalue weighted by Crippen LogP contribution is 2.14. The lowest BCUT2D eigenvalue weighted by atomic mass is 9.95. The van der Waals surface area contributed by atoms with Gasteiger partial charge in [-0.25, -0.2) is 4.39 Å². The largest absolute Gasteiger partial charge is 0.330 e. The molecule has 88 valence electrons. The lowest BCUT2D eigenvalue weighted by molar-refractivity contribution is -0.121. The molecule has 0 fully saturated rings. The molecular formula is C13H18FNO. The summed E-state index contributed by atoms with van der Waals surface area (Å²) in [6.45, 7) is 4.22. The molecular weight excluding hydrogens is 205 g/mol. The fourth-order valence-electron chi connectivity index (χ4n) is 1.63. The molecule has 3 heteroatoms. The molecule has 0 amide bonds. The van der Waals surface area contributed by atoms with Gasteiger partial charge < -0.3 is 5.73 Å². The second-order valence-electron chi connectivity index (χ2n) is 4.19. The van der Waals surface area contributed by atoms with E-state index in [1.165, 1.54) is 12.1 Å². The van der Waals surface area contributed by atoms with E-state index in [-0.39, 0.29) is 17.5 Å². The molecule has 0 bridgehead atoms. The minimum Gasteiger partial charge on any atom is -0.330 e. The maximum atomic E-state index is 12.9. The lowest BCUT2D eigenvalue weighted by Crippen LogP contribution is -2.17. The summed E-state index contributed by atoms with van der Waals surface area (Å²) in [6, 6.07) is 4.52.